The van der Waals surface area contributed by atoms with Crippen molar-refractivity contribution in [1.82, 2.24) is 14.3 Å². The van der Waals surface area contributed by atoms with Crippen molar-refractivity contribution in [2.45, 2.75) is 37.6 Å². The number of aromatic amines is 1. The fraction of sp³-hybridized carbons (Fsp3) is 0.429. The molecule has 27 heavy (non-hydrogen) atoms. The van der Waals surface area contributed by atoms with Crippen molar-refractivity contribution in [3.63, 3.8) is 0 Å². The Morgan fingerprint density at radius 2 is 2.33 bits per heavy atom. The molecule has 5 nitrogen and oxygen atoms in total. The molecular weight excluding hydrogens is 356 g/mol. The first-order valence-corrected chi connectivity index (χ1v) is 10.5. The fourth-order valence-corrected chi connectivity index (χ4v) is 5.55. The van der Waals surface area contributed by atoms with Gasteiger partial charge >= 0.3 is 0 Å². The Labute approximate surface area is 162 Å². The van der Waals surface area contributed by atoms with Crippen molar-refractivity contribution in [3.05, 3.63) is 47.0 Å². The number of H-pyrrole nitrogens is 1. The number of rotatable bonds is 4. The number of amides is 1. The first-order chi connectivity index (χ1) is 13.2. The van der Waals surface area contributed by atoms with Crippen LogP contribution in [-0.4, -0.2) is 39.8 Å². The van der Waals surface area contributed by atoms with Crippen molar-refractivity contribution in [2.24, 2.45) is 5.92 Å². The van der Waals surface area contributed by atoms with E-state index in [2.05, 4.69) is 51.0 Å². The van der Waals surface area contributed by atoms with Crippen LogP contribution < -0.4 is 5.32 Å². The van der Waals surface area contributed by atoms with Crippen LogP contribution in [0, 0.1) is 5.92 Å². The van der Waals surface area contributed by atoms with Gasteiger partial charge in [0.1, 0.15) is 5.82 Å². The second-order valence-corrected chi connectivity index (χ2v) is 8.64. The van der Waals surface area contributed by atoms with Gasteiger partial charge in [-0.05, 0) is 67.0 Å². The summed E-state index contributed by atoms with van der Waals surface area (Å²) < 4.78 is 4.15. The third kappa shape index (κ3) is 3.07. The topological polar surface area (TPSA) is 61.0 Å². The number of anilines is 1. The van der Waals surface area contributed by atoms with Gasteiger partial charge in [0.15, 0.2) is 0 Å². The van der Waals surface area contributed by atoms with Crippen LogP contribution in [0.25, 0.3) is 10.9 Å². The molecule has 1 aliphatic heterocycles. The molecule has 0 saturated carbocycles. The number of nitrogens with zero attached hydrogens (tertiary/aromatic N) is 2. The molecule has 1 aromatic carbocycles. The smallest absolute Gasteiger partial charge is 0.225 e. The molecule has 2 aliphatic rings. The largest absolute Gasteiger partial charge is 0.361 e. The standard InChI is InChI=1S/C21H24N4OS/c1-25-12-13(5-6-20(26)23-19-7-8-27-24-19)9-16-15-3-2-4-17-21(15)14(11-22-17)10-18(16)25/h2-4,7-8,11,13,16,18,22H,5-6,9-10,12H2,1H3,(H,23,24,26)/t13-,16-,18-/m1/s1. The van der Waals surface area contributed by atoms with E-state index >= 15 is 0 Å². The van der Waals surface area contributed by atoms with Gasteiger partial charge in [-0.3, -0.25) is 4.79 Å². The van der Waals surface area contributed by atoms with Crippen molar-refractivity contribution in [2.75, 3.05) is 18.9 Å². The second-order valence-electron chi connectivity index (χ2n) is 7.97. The molecule has 2 aromatic heterocycles. The Kier molecular flexibility index (Phi) is 4.25. The molecule has 1 saturated heterocycles. The molecule has 3 heterocycles. The van der Waals surface area contributed by atoms with E-state index in [9.17, 15) is 4.79 Å². The summed E-state index contributed by atoms with van der Waals surface area (Å²) in [4.78, 5) is 18.2. The summed E-state index contributed by atoms with van der Waals surface area (Å²) in [6.07, 6.45) is 5.97. The Hall–Kier alpha value is -2.18. The average molecular weight is 381 g/mol. The number of likely N-dealkylation sites (N-methyl/N-ethyl adjacent to an activating group) is 1. The molecule has 0 bridgehead atoms. The summed E-state index contributed by atoms with van der Waals surface area (Å²) in [7, 11) is 2.25. The quantitative estimate of drug-likeness (QED) is 0.719. The zero-order valence-corrected chi connectivity index (χ0v) is 16.3. The zero-order valence-electron chi connectivity index (χ0n) is 15.4. The van der Waals surface area contributed by atoms with Gasteiger partial charge in [-0.2, -0.15) is 4.37 Å². The molecule has 1 amide bonds. The Bertz CT molecular complexity index is 964. The normalized spacial score (nSPS) is 24.7. The van der Waals surface area contributed by atoms with Crippen LogP contribution >= 0.6 is 11.5 Å². The van der Waals surface area contributed by atoms with E-state index in [-0.39, 0.29) is 5.91 Å². The summed E-state index contributed by atoms with van der Waals surface area (Å²) in [6, 6.07) is 9.07. The first kappa shape index (κ1) is 17.0. The summed E-state index contributed by atoms with van der Waals surface area (Å²) in [6.45, 7) is 1.07. The maximum Gasteiger partial charge on any atom is 0.225 e. The predicted octanol–water partition coefficient (Wildman–Crippen LogP) is 4.00. The molecule has 2 N–H and O–H groups in total. The van der Waals surface area contributed by atoms with E-state index in [1.165, 1.54) is 40.0 Å². The summed E-state index contributed by atoms with van der Waals surface area (Å²) in [5, 5.41) is 6.22. The van der Waals surface area contributed by atoms with Crippen LogP contribution in [0.2, 0.25) is 0 Å². The average Bonchev–Trinajstić information content (AvgIpc) is 3.32. The van der Waals surface area contributed by atoms with Gasteiger partial charge in [0, 0.05) is 47.4 Å². The molecule has 5 rings (SSSR count). The number of carbonyl (C=O) groups excluding carboxylic acids is 1. The Morgan fingerprint density at radius 1 is 1.41 bits per heavy atom. The van der Waals surface area contributed by atoms with Gasteiger partial charge in [-0.1, -0.05) is 12.1 Å². The number of benzene rings is 1. The second kappa shape index (κ2) is 6.77. The van der Waals surface area contributed by atoms with E-state index in [1.54, 1.807) is 0 Å². The summed E-state index contributed by atoms with van der Waals surface area (Å²) in [5.41, 5.74) is 4.20. The number of piperidine rings is 1. The van der Waals surface area contributed by atoms with Crippen LogP contribution in [0.4, 0.5) is 5.82 Å². The van der Waals surface area contributed by atoms with Crippen LogP contribution in [-0.2, 0) is 11.2 Å². The van der Waals surface area contributed by atoms with Crippen molar-refractivity contribution < 1.29 is 4.79 Å². The minimum absolute atomic E-state index is 0.0735. The fourth-order valence-electron chi connectivity index (χ4n) is 5.08. The lowest BCUT2D eigenvalue weighted by Gasteiger charge is -2.45. The van der Waals surface area contributed by atoms with Gasteiger partial charge < -0.3 is 15.2 Å². The lowest BCUT2D eigenvalue weighted by atomic mass is 9.71. The highest BCUT2D eigenvalue weighted by molar-refractivity contribution is 7.03. The number of nitrogens with one attached hydrogen (secondary N) is 2. The van der Waals surface area contributed by atoms with Crippen LogP contribution in [0.5, 0.6) is 0 Å². The van der Waals surface area contributed by atoms with Gasteiger partial charge in [-0.15, -0.1) is 0 Å². The SMILES string of the molecule is CN1C[C@H](CCC(=O)Nc2ccsn2)C[C@@H]2c3cccc4[nH]cc(c34)C[C@H]21. The highest BCUT2D eigenvalue weighted by atomic mass is 32.1. The van der Waals surface area contributed by atoms with Crippen LogP contribution in [0.3, 0.4) is 0 Å². The van der Waals surface area contributed by atoms with E-state index in [1.807, 2.05) is 11.4 Å². The summed E-state index contributed by atoms with van der Waals surface area (Å²) in [5.74, 6) is 1.85. The zero-order chi connectivity index (χ0) is 18.4. The maximum absolute atomic E-state index is 12.2. The van der Waals surface area contributed by atoms with E-state index in [4.69, 9.17) is 0 Å². The van der Waals surface area contributed by atoms with Gasteiger partial charge in [0.25, 0.3) is 0 Å². The lowest BCUT2D eigenvalue weighted by Crippen LogP contribution is -2.47. The number of fused-ring (bicyclic) bond motifs is 2. The molecule has 0 spiro atoms. The third-order valence-corrected chi connectivity index (χ3v) is 6.86. The molecule has 6 heteroatoms. The number of aromatic nitrogens is 2. The van der Waals surface area contributed by atoms with E-state index < -0.39 is 0 Å². The minimum Gasteiger partial charge on any atom is -0.361 e. The molecule has 3 atom stereocenters. The molecule has 0 radical (unpaired) electrons. The van der Waals surface area contributed by atoms with Crippen molar-refractivity contribution in [1.29, 1.82) is 0 Å². The highest BCUT2D eigenvalue weighted by Crippen LogP contribution is 2.44. The van der Waals surface area contributed by atoms with Crippen molar-refractivity contribution >= 4 is 34.2 Å². The van der Waals surface area contributed by atoms with Gasteiger partial charge in [-0.25, -0.2) is 0 Å². The molecule has 1 aliphatic carbocycles. The third-order valence-electron chi connectivity index (χ3n) is 6.30. The Morgan fingerprint density at radius 3 is 3.19 bits per heavy atom. The van der Waals surface area contributed by atoms with E-state index in [0.29, 0.717) is 30.1 Å². The predicted molar refractivity (Wildman–Crippen MR) is 109 cm³/mol. The summed E-state index contributed by atoms with van der Waals surface area (Å²) >= 11 is 1.36. The lowest BCUT2D eigenvalue weighted by molar-refractivity contribution is -0.116. The molecule has 140 valence electrons. The number of hydrogen-bond acceptors (Lipinski definition) is 4. The van der Waals surface area contributed by atoms with Crippen LogP contribution in [0.15, 0.2) is 35.8 Å². The molecule has 3 aromatic rings. The Balaban J connectivity index is 1.30. The monoisotopic (exact) mass is 380 g/mol. The number of likely N-dealkylation sites (tertiary alicyclic amines) is 1. The maximum atomic E-state index is 12.2. The number of hydrogen-bond donors (Lipinski definition) is 2. The molecular formula is C21H24N4OS. The number of carbonyl (C=O) groups is 1. The molecule has 1 fully saturated rings. The van der Waals surface area contributed by atoms with Gasteiger partial charge in [0.2, 0.25) is 5.91 Å². The van der Waals surface area contributed by atoms with E-state index in [0.717, 1.165) is 19.4 Å². The van der Waals surface area contributed by atoms with Crippen LogP contribution in [0.1, 0.15) is 36.3 Å². The van der Waals surface area contributed by atoms with Crippen molar-refractivity contribution in [3.8, 4) is 0 Å². The minimum atomic E-state index is 0.0735. The first-order valence-electron chi connectivity index (χ1n) is 9.68. The van der Waals surface area contributed by atoms with Gasteiger partial charge in [0.05, 0.1) is 0 Å². The highest BCUT2D eigenvalue weighted by Gasteiger charge is 2.39. The molecule has 0 unspecified atom stereocenters.